The number of aryl methyl sites for hydroxylation is 2. The lowest BCUT2D eigenvalue weighted by atomic mass is 10.1. The Kier molecular flexibility index (Phi) is 6.57. The van der Waals surface area contributed by atoms with Gasteiger partial charge in [0.15, 0.2) is 0 Å². The molecular weight excluding hydrogens is 220 g/mol. The summed E-state index contributed by atoms with van der Waals surface area (Å²) in [6, 6.07) is 0. The van der Waals surface area contributed by atoms with Crippen molar-refractivity contribution >= 4 is 11.8 Å². The second kappa shape index (κ2) is 7.74. The average Bonchev–Trinajstić information content (AvgIpc) is 2.59. The van der Waals surface area contributed by atoms with Crippen molar-refractivity contribution in [2.24, 2.45) is 0 Å². The normalized spacial score (nSPS) is 10.9. The number of nitrogens with zero attached hydrogens (tertiary/aromatic N) is 1. The zero-order valence-corrected chi connectivity index (χ0v) is 11.3. The molecule has 0 unspecified atom stereocenters. The van der Waals surface area contributed by atoms with Crippen LogP contribution in [-0.2, 0) is 6.42 Å². The van der Waals surface area contributed by atoms with E-state index in [0.29, 0.717) is 0 Å². The minimum atomic E-state index is 0.959. The molecule has 0 aromatic carbocycles. The van der Waals surface area contributed by atoms with E-state index >= 15 is 0 Å². The summed E-state index contributed by atoms with van der Waals surface area (Å²) in [5.74, 6) is 3.44. The third-order valence-electron chi connectivity index (χ3n) is 2.58. The van der Waals surface area contributed by atoms with Gasteiger partial charge in [0.1, 0.15) is 5.76 Å². The second-order valence-corrected chi connectivity index (χ2v) is 5.25. The van der Waals surface area contributed by atoms with Gasteiger partial charge in [0.2, 0.25) is 0 Å². The lowest BCUT2D eigenvalue weighted by Gasteiger charge is -2.04. The van der Waals surface area contributed by atoms with Gasteiger partial charge in [0, 0.05) is 5.56 Å². The van der Waals surface area contributed by atoms with Crippen LogP contribution >= 0.6 is 11.8 Å². The molecule has 0 saturated heterocycles. The quantitative estimate of drug-likeness (QED) is 0.711. The third-order valence-corrected chi connectivity index (χ3v) is 3.56. The van der Waals surface area contributed by atoms with Crippen LogP contribution < -0.4 is 5.32 Å². The number of thioether (sulfide) groups is 1. The summed E-state index contributed by atoms with van der Waals surface area (Å²) in [5.41, 5.74) is 2.29. The Morgan fingerprint density at radius 3 is 2.75 bits per heavy atom. The zero-order chi connectivity index (χ0) is 11.8. The standard InChI is InChI=1S/C12H22N2OS/c1-4-16-9-5-7-13-8-6-12-10(2)14-15-11(12)3/h13H,4-9H2,1-3H3. The summed E-state index contributed by atoms with van der Waals surface area (Å²) in [4.78, 5) is 0. The van der Waals surface area contributed by atoms with Crippen molar-refractivity contribution in [2.45, 2.75) is 33.6 Å². The van der Waals surface area contributed by atoms with Gasteiger partial charge < -0.3 is 9.84 Å². The molecule has 0 aliphatic carbocycles. The zero-order valence-electron chi connectivity index (χ0n) is 10.5. The molecule has 92 valence electrons. The van der Waals surface area contributed by atoms with Gasteiger partial charge in [-0.2, -0.15) is 11.8 Å². The smallest absolute Gasteiger partial charge is 0.137 e. The second-order valence-electron chi connectivity index (χ2n) is 3.85. The first kappa shape index (κ1) is 13.6. The molecule has 4 heteroatoms. The highest BCUT2D eigenvalue weighted by Gasteiger charge is 2.07. The van der Waals surface area contributed by atoms with Gasteiger partial charge in [-0.25, -0.2) is 0 Å². The molecule has 0 spiro atoms. The molecule has 0 saturated carbocycles. The predicted octanol–water partition coefficient (Wildman–Crippen LogP) is 2.57. The molecule has 3 nitrogen and oxygen atoms in total. The maximum absolute atomic E-state index is 5.12. The molecule has 16 heavy (non-hydrogen) atoms. The molecule has 0 amide bonds. The van der Waals surface area contributed by atoms with Crippen LogP contribution in [0.25, 0.3) is 0 Å². The number of rotatable bonds is 8. The van der Waals surface area contributed by atoms with Gasteiger partial charge in [0.05, 0.1) is 5.69 Å². The first-order chi connectivity index (χ1) is 7.75. The van der Waals surface area contributed by atoms with E-state index in [4.69, 9.17) is 4.52 Å². The van der Waals surface area contributed by atoms with Gasteiger partial charge in [-0.1, -0.05) is 12.1 Å². The van der Waals surface area contributed by atoms with Crippen LogP contribution in [0, 0.1) is 13.8 Å². The lowest BCUT2D eigenvalue weighted by molar-refractivity contribution is 0.392. The maximum atomic E-state index is 5.12. The van der Waals surface area contributed by atoms with Crippen molar-refractivity contribution < 1.29 is 4.52 Å². The highest BCUT2D eigenvalue weighted by Crippen LogP contribution is 2.11. The fraction of sp³-hybridized carbons (Fsp3) is 0.750. The summed E-state index contributed by atoms with van der Waals surface area (Å²) in [6.07, 6.45) is 2.27. The van der Waals surface area contributed by atoms with E-state index < -0.39 is 0 Å². The molecule has 0 aliphatic heterocycles. The van der Waals surface area contributed by atoms with Crippen LogP contribution in [0.2, 0.25) is 0 Å². The molecule has 1 rings (SSSR count). The first-order valence-electron chi connectivity index (χ1n) is 5.96. The van der Waals surface area contributed by atoms with Crippen LogP contribution in [0.15, 0.2) is 4.52 Å². The van der Waals surface area contributed by atoms with Crippen molar-refractivity contribution in [2.75, 3.05) is 24.6 Å². The molecule has 1 N–H and O–H groups in total. The van der Waals surface area contributed by atoms with Crippen LogP contribution in [0.5, 0.6) is 0 Å². The van der Waals surface area contributed by atoms with E-state index in [9.17, 15) is 0 Å². The topological polar surface area (TPSA) is 38.1 Å². The number of aromatic nitrogens is 1. The van der Waals surface area contributed by atoms with Crippen LogP contribution in [0.1, 0.15) is 30.4 Å². The van der Waals surface area contributed by atoms with Gasteiger partial charge in [-0.05, 0) is 51.3 Å². The third kappa shape index (κ3) is 4.58. The minimum Gasteiger partial charge on any atom is -0.361 e. The molecular formula is C12H22N2OS. The van der Waals surface area contributed by atoms with E-state index in [1.807, 2.05) is 25.6 Å². The van der Waals surface area contributed by atoms with Crippen LogP contribution in [0.3, 0.4) is 0 Å². The Bertz CT molecular complexity index is 280. The number of hydrogen-bond donors (Lipinski definition) is 1. The highest BCUT2D eigenvalue weighted by atomic mass is 32.2. The SMILES string of the molecule is CCSCCCNCCc1c(C)noc1C. The molecule has 1 heterocycles. The maximum Gasteiger partial charge on any atom is 0.137 e. The van der Waals surface area contributed by atoms with Crippen molar-refractivity contribution in [3.63, 3.8) is 0 Å². The van der Waals surface area contributed by atoms with Gasteiger partial charge >= 0.3 is 0 Å². The van der Waals surface area contributed by atoms with Crippen molar-refractivity contribution in [1.82, 2.24) is 10.5 Å². The van der Waals surface area contributed by atoms with E-state index in [0.717, 1.165) is 31.0 Å². The van der Waals surface area contributed by atoms with Gasteiger partial charge in [-0.3, -0.25) is 0 Å². The fourth-order valence-corrected chi connectivity index (χ4v) is 2.28. The van der Waals surface area contributed by atoms with E-state index in [-0.39, 0.29) is 0 Å². The Morgan fingerprint density at radius 2 is 2.12 bits per heavy atom. The lowest BCUT2D eigenvalue weighted by Crippen LogP contribution is -2.19. The Labute approximate surface area is 102 Å². The molecule has 1 aromatic heterocycles. The monoisotopic (exact) mass is 242 g/mol. The molecule has 1 aromatic rings. The average molecular weight is 242 g/mol. The molecule has 0 radical (unpaired) electrons. The Balaban J connectivity index is 2.07. The molecule has 0 bridgehead atoms. The largest absolute Gasteiger partial charge is 0.361 e. The van der Waals surface area contributed by atoms with E-state index in [2.05, 4.69) is 17.4 Å². The Hall–Kier alpha value is -0.480. The summed E-state index contributed by atoms with van der Waals surface area (Å²) >= 11 is 2.00. The summed E-state index contributed by atoms with van der Waals surface area (Å²) < 4.78 is 5.12. The number of nitrogens with one attached hydrogen (secondary N) is 1. The van der Waals surface area contributed by atoms with E-state index in [1.165, 1.54) is 23.5 Å². The first-order valence-corrected chi connectivity index (χ1v) is 7.11. The van der Waals surface area contributed by atoms with Crippen molar-refractivity contribution in [3.05, 3.63) is 17.0 Å². The highest BCUT2D eigenvalue weighted by molar-refractivity contribution is 7.99. The van der Waals surface area contributed by atoms with Crippen LogP contribution in [0.4, 0.5) is 0 Å². The predicted molar refractivity (Wildman–Crippen MR) is 70.2 cm³/mol. The molecule has 0 aliphatic rings. The van der Waals surface area contributed by atoms with Crippen LogP contribution in [-0.4, -0.2) is 29.8 Å². The summed E-state index contributed by atoms with van der Waals surface area (Å²) in [7, 11) is 0. The minimum absolute atomic E-state index is 0.959. The Morgan fingerprint density at radius 1 is 1.31 bits per heavy atom. The fourth-order valence-electron chi connectivity index (χ4n) is 1.64. The molecule has 0 fully saturated rings. The molecule has 0 atom stereocenters. The van der Waals surface area contributed by atoms with E-state index in [1.54, 1.807) is 0 Å². The summed E-state index contributed by atoms with van der Waals surface area (Å²) in [5, 5.41) is 7.40. The van der Waals surface area contributed by atoms with Gasteiger partial charge in [-0.15, -0.1) is 0 Å². The van der Waals surface area contributed by atoms with Crippen molar-refractivity contribution in [3.8, 4) is 0 Å². The van der Waals surface area contributed by atoms with Gasteiger partial charge in [0.25, 0.3) is 0 Å². The number of hydrogen-bond acceptors (Lipinski definition) is 4. The van der Waals surface area contributed by atoms with Crippen molar-refractivity contribution in [1.29, 1.82) is 0 Å². The summed E-state index contributed by atoms with van der Waals surface area (Å²) in [6.45, 7) is 8.31.